The first kappa shape index (κ1) is 39.9. The maximum Gasteiger partial charge on any atom is 0.333 e. The Morgan fingerprint density at radius 1 is 0.561 bits per heavy atom. The molecule has 2 unspecified atom stereocenters. The van der Waals surface area contributed by atoms with Crippen LogP contribution in [-0.4, -0.2) is 76.8 Å². The van der Waals surface area contributed by atoms with Gasteiger partial charge in [0.2, 0.25) is 0 Å². The van der Waals surface area contributed by atoms with Gasteiger partial charge in [-0.2, -0.15) is 0 Å². The minimum Gasteiger partial charge on any atom is -0.460 e. The molecule has 41 heavy (non-hydrogen) atoms. The standard InChI is InChI=1S/C30H60O8Si3/c1-11-22-39(8,25-14-16-33-18-20-35-29(31)27(4)5)37-41(10,24-13-3)38-40(9,23-12-2)26-15-17-34-19-21-36-30(32)28(6)7/h4,6,11-26H2,1-3,5,7-10H3. The molecular weight excluding hydrogens is 573 g/mol. The number of esters is 2. The molecule has 0 saturated carbocycles. The van der Waals surface area contributed by atoms with Gasteiger partial charge in [-0.3, -0.25) is 0 Å². The van der Waals surface area contributed by atoms with E-state index in [0.29, 0.717) is 37.6 Å². The van der Waals surface area contributed by atoms with Crippen molar-refractivity contribution in [2.24, 2.45) is 0 Å². The Kier molecular flexibility index (Phi) is 21.0. The van der Waals surface area contributed by atoms with Gasteiger partial charge in [0, 0.05) is 24.4 Å². The molecule has 2 atom stereocenters. The fraction of sp³-hybridized carbons (Fsp3) is 0.800. The van der Waals surface area contributed by atoms with Crippen LogP contribution in [0.4, 0.5) is 0 Å². The summed E-state index contributed by atoms with van der Waals surface area (Å²) in [6.45, 7) is 26.7. The summed E-state index contributed by atoms with van der Waals surface area (Å²) >= 11 is 0. The van der Waals surface area contributed by atoms with Crippen molar-refractivity contribution in [2.75, 3.05) is 39.6 Å². The Morgan fingerprint density at radius 3 is 1.24 bits per heavy atom. The Hall–Kier alpha value is -1.09. The number of hydrogen-bond acceptors (Lipinski definition) is 8. The third kappa shape index (κ3) is 18.9. The molecule has 0 spiro atoms. The van der Waals surface area contributed by atoms with E-state index in [4.69, 9.17) is 27.2 Å². The topological polar surface area (TPSA) is 89.5 Å². The zero-order valence-electron chi connectivity index (χ0n) is 27.5. The second-order valence-corrected chi connectivity index (χ2v) is 24.0. The van der Waals surface area contributed by atoms with Crippen LogP contribution in [0.25, 0.3) is 0 Å². The van der Waals surface area contributed by atoms with Gasteiger partial charge in [0.15, 0.2) is 16.6 Å². The number of carbonyl (C=O) groups excluding carboxylic acids is 2. The first-order valence-electron chi connectivity index (χ1n) is 15.5. The lowest BCUT2D eigenvalue weighted by Gasteiger charge is -2.43. The molecule has 0 aliphatic rings. The Morgan fingerprint density at radius 2 is 0.927 bits per heavy atom. The molecule has 0 saturated heterocycles. The number of rotatable bonds is 26. The quantitative estimate of drug-likeness (QED) is 0.0419. The van der Waals surface area contributed by atoms with Gasteiger partial charge in [-0.05, 0) is 76.6 Å². The Balaban J connectivity index is 4.98. The van der Waals surface area contributed by atoms with E-state index in [2.05, 4.69) is 53.6 Å². The van der Waals surface area contributed by atoms with Gasteiger partial charge in [0.25, 0.3) is 0 Å². The number of carbonyl (C=O) groups is 2. The van der Waals surface area contributed by atoms with E-state index in [-0.39, 0.29) is 25.2 Å². The molecule has 0 fully saturated rings. The molecule has 0 amide bonds. The van der Waals surface area contributed by atoms with Crippen molar-refractivity contribution in [3.63, 3.8) is 0 Å². The molecule has 8 nitrogen and oxygen atoms in total. The van der Waals surface area contributed by atoms with Crippen LogP contribution in [0.3, 0.4) is 0 Å². The second kappa shape index (κ2) is 21.6. The largest absolute Gasteiger partial charge is 0.460 e. The lowest BCUT2D eigenvalue weighted by Crippen LogP contribution is -2.55. The summed E-state index contributed by atoms with van der Waals surface area (Å²) in [5, 5.41) is 0. The van der Waals surface area contributed by atoms with Crippen LogP contribution in [0.5, 0.6) is 0 Å². The molecule has 0 rings (SSSR count). The summed E-state index contributed by atoms with van der Waals surface area (Å²) < 4.78 is 36.1. The van der Waals surface area contributed by atoms with Crippen molar-refractivity contribution in [1.29, 1.82) is 0 Å². The van der Waals surface area contributed by atoms with Gasteiger partial charge >= 0.3 is 20.5 Å². The molecule has 0 N–H and O–H groups in total. The average molecular weight is 633 g/mol. The zero-order chi connectivity index (χ0) is 31.4. The predicted molar refractivity (Wildman–Crippen MR) is 174 cm³/mol. The van der Waals surface area contributed by atoms with Crippen molar-refractivity contribution in [2.45, 2.75) is 117 Å². The summed E-state index contributed by atoms with van der Waals surface area (Å²) in [7, 11) is -6.41. The van der Waals surface area contributed by atoms with Gasteiger partial charge < -0.3 is 27.2 Å². The smallest absolute Gasteiger partial charge is 0.333 e. The highest BCUT2D eigenvalue weighted by Crippen LogP contribution is 2.34. The van der Waals surface area contributed by atoms with E-state index in [1.54, 1.807) is 13.8 Å². The lowest BCUT2D eigenvalue weighted by molar-refractivity contribution is -0.141. The number of ether oxygens (including phenoxy) is 4. The van der Waals surface area contributed by atoms with Gasteiger partial charge in [-0.25, -0.2) is 9.59 Å². The summed E-state index contributed by atoms with van der Waals surface area (Å²) in [4.78, 5) is 23.0. The lowest BCUT2D eigenvalue weighted by atomic mass is 10.4. The summed E-state index contributed by atoms with van der Waals surface area (Å²) in [6.07, 6.45) is 5.10. The molecule has 0 aromatic heterocycles. The molecule has 0 bridgehead atoms. The molecule has 0 aromatic carbocycles. The van der Waals surface area contributed by atoms with Crippen LogP contribution in [0.15, 0.2) is 24.3 Å². The Bertz CT molecular complexity index is 736. The highest BCUT2D eigenvalue weighted by molar-refractivity contribution is 6.89. The summed E-state index contributed by atoms with van der Waals surface area (Å²) in [5.41, 5.74) is 0.797. The van der Waals surface area contributed by atoms with Crippen molar-refractivity contribution in [3.8, 4) is 0 Å². The van der Waals surface area contributed by atoms with Crippen LogP contribution in [0.2, 0.25) is 49.9 Å². The van der Waals surface area contributed by atoms with Gasteiger partial charge in [0.1, 0.15) is 13.2 Å². The van der Waals surface area contributed by atoms with Crippen LogP contribution in [0, 0.1) is 0 Å². The fourth-order valence-corrected chi connectivity index (χ4v) is 21.7. The number of hydrogen-bond donors (Lipinski definition) is 0. The zero-order valence-corrected chi connectivity index (χ0v) is 30.5. The second-order valence-electron chi connectivity index (χ2n) is 11.8. The monoisotopic (exact) mass is 632 g/mol. The third-order valence-corrected chi connectivity index (χ3v) is 21.5. The van der Waals surface area contributed by atoms with E-state index in [1.807, 2.05) is 0 Å². The molecular formula is C30H60O8Si3. The van der Waals surface area contributed by atoms with Gasteiger partial charge in [-0.15, -0.1) is 0 Å². The minimum absolute atomic E-state index is 0.245. The molecule has 0 aliphatic carbocycles. The molecule has 240 valence electrons. The van der Waals surface area contributed by atoms with Gasteiger partial charge in [0.05, 0.1) is 13.2 Å². The van der Waals surface area contributed by atoms with Crippen molar-refractivity contribution >= 4 is 37.1 Å². The van der Waals surface area contributed by atoms with Crippen molar-refractivity contribution in [3.05, 3.63) is 24.3 Å². The molecule has 0 aromatic rings. The normalized spacial score (nSPS) is 15.8. The van der Waals surface area contributed by atoms with Crippen molar-refractivity contribution in [1.82, 2.24) is 0 Å². The van der Waals surface area contributed by atoms with Crippen LogP contribution < -0.4 is 0 Å². The molecule has 0 radical (unpaired) electrons. The Labute approximate surface area is 254 Å². The summed E-state index contributed by atoms with van der Waals surface area (Å²) in [6, 6.07) is 5.26. The molecule has 0 aliphatic heterocycles. The highest BCUT2D eigenvalue weighted by atomic mass is 28.5. The predicted octanol–water partition coefficient (Wildman–Crippen LogP) is 7.52. The van der Waals surface area contributed by atoms with Crippen LogP contribution >= 0.6 is 0 Å². The maximum absolute atomic E-state index is 11.5. The van der Waals surface area contributed by atoms with E-state index in [0.717, 1.165) is 62.3 Å². The molecule has 11 heteroatoms. The van der Waals surface area contributed by atoms with E-state index < -0.39 is 25.2 Å². The van der Waals surface area contributed by atoms with Crippen LogP contribution in [-0.2, 0) is 36.8 Å². The summed E-state index contributed by atoms with van der Waals surface area (Å²) in [5.74, 6) is -0.754. The third-order valence-electron chi connectivity index (χ3n) is 6.79. The maximum atomic E-state index is 11.5. The first-order chi connectivity index (χ1) is 19.3. The SMILES string of the molecule is C=C(C)C(=O)OCCOCCC[Si](C)(CCC)O[Si](C)(CCC)O[Si](C)(CCC)CCCOCCOC(=O)C(=C)C. The van der Waals surface area contributed by atoms with Crippen LogP contribution in [0.1, 0.15) is 66.7 Å². The highest BCUT2D eigenvalue weighted by Gasteiger charge is 2.44. The van der Waals surface area contributed by atoms with E-state index in [9.17, 15) is 9.59 Å². The average Bonchev–Trinajstić information content (AvgIpc) is 2.87. The molecule has 0 heterocycles. The minimum atomic E-state index is -2.39. The van der Waals surface area contributed by atoms with E-state index in [1.165, 1.54) is 0 Å². The van der Waals surface area contributed by atoms with E-state index >= 15 is 0 Å². The van der Waals surface area contributed by atoms with Gasteiger partial charge in [-0.1, -0.05) is 53.2 Å². The van der Waals surface area contributed by atoms with Crippen molar-refractivity contribution < 1.29 is 36.8 Å². The fourth-order valence-electron chi connectivity index (χ4n) is 5.06. The first-order valence-corrected chi connectivity index (χ1v) is 23.6.